The van der Waals surface area contributed by atoms with Gasteiger partial charge in [-0.25, -0.2) is 0 Å². The molecule has 0 bridgehead atoms. The molecule has 0 atom stereocenters. The van der Waals surface area contributed by atoms with Gasteiger partial charge < -0.3 is 20.5 Å². The van der Waals surface area contributed by atoms with E-state index in [9.17, 15) is 5.11 Å². The van der Waals surface area contributed by atoms with Crippen molar-refractivity contribution in [3.63, 3.8) is 0 Å². The monoisotopic (exact) mass is 282 g/mol. The molecule has 6 nitrogen and oxygen atoms in total. The number of nitrogens with zero attached hydrogens (tertiary/aromatic N) is 3. The van der Waals surface area contributed by atoms with Crippen LogP contribution >= 0.6 is 0 Å². The number of rotatable bonds is 5. The molecular formula is C14H26N4O2. The Labute approximate surface area is 120 Å². The SMILES string of the molecule is COc1cnn(CCN(C)C)c1C1(O)CCC(N)CC1. The Morgan fingerprint density at radius 2 is 2.15 bits per heavy atom. The number of likely N-dealkylation sites (N-methyl/N-ethyl adjacent to an activating group) is 1. The minimum Gasteiger partial charge on any atom is -0.493 e. The molecule has 1 fully saturated rings. The van der Waals surface area contributed by atoms with Crippen LogP contribution in [0.1, 0.15) is 31.4 Å². The number of aromatic nitrogens is 2. The standard InChI is InChI=1S/C14H26N4O2/c1-17(2)8-9-18-13(12(20-3)10-16-18)14(19)6-4-11(15)5-7-14/h10-11,19H,4-9,15H2,1-3H3. The van der Waals surface area contributed by atoms with E-state index < -0.39 is 5.60 Å². The highest BCUT2D eigenvalue weighted by molar-refractivity contribution is 5.31. The molecule has 0 aromatic carbocycles. The Hall–Kier alpha value is -1.11. The first kappa shape index (κ1) is 15.3. The number of nitrogens with two attached hydrogens (primary N) is 1. The van der Waals surface area contributed by atoms with Gasteiger partial charge in [0.1, 0.15) is 11.3 Å². The Kier molecular flexibility index (Phi) is 4.67. The Bertz CT molecular complexity index is 436. The lowest BCUT2D eigenvalue weighted by molar-refractivity contribution is -0.0150. The van der Waals surface area contributed by atoms with Crippen LogP contribution in [-0.4, -0.2) is 53.6 Å². The van der Waals surface area contributed by atoms with Crippen LogP contribution in [-0.2, 0) is 12.1 Å². The summed E-state index contributed by atoms with van der Waals surface area (Å²) in [6.45, 7) is 1.60. The van der Waals surface area contributed by atoms with Gasteiger partial charge in [-0.1, -0.05) is 0 Å². The first-order chi connectivity index (χ1) is 9.46. The van der Waals surface area contributed by atoms with E-state index in [0.29, 0.717) is 18.6 Å². The fourth-order valence-electron chi connectivity index (χ4n) is 2.81. The van der Waals surface area contributed by atoms with Crippen molar-refractivity contribution in [2.45, 2.75) is 43.9 Å². The summed E-state index contributed by atoms with van der Waals surface area (Å²) >= 11 is 0. The molecule has 20 heavy (non-hydrogen) atoms. The zero-order valence-corrected chi connectivity index (χ0v) is 12.7. The quantitative estimate of drug-likeness (QED) is 0.824. The largest absolute Gasteiger partial charge is 0.493 e. The smallest absolute Gasteiger partial charge is 0.162 e. The molecule has 0 saturated heterocycles. The lowest BCUT2D eigenvalue weighted by atomic mass is 9.80. The van der Waals surface area contributed by atoms with E-state index in [0.717, 1.165) is 31.6 Å². The highest BCUT2D eigenvalue weighted by Crippen LogP contribution is 2.40. The molecule has 114 valence electrons. The Morgan fingerprint density at radius 1 is 1.50 bits per heavy atom. The molecule has 1 heterocycles. The molecule has 1 saturated carbocycles. The molecule has 1 aliphatic rings. The van der Waals surface area contributed by atoms with Crippen molar-refractivity contribution in [1.29, 1.82) is 0 Å². The Balaban J connectivity index is 2.25. The third-order valence-electron chi connectivity index (χ3n) is 4.08. The molecule has 1 aromatic heterocycles. The number of hydrogen-bond acceptors (Lipinski definition) is 5. The molecule has 0 amide bonds. The van der Waals surface area contributed by atoms with Crippen LogP contribution in [0.25, 0.3) is 0 Å². The first-order valence-electron chi connectivity index (χ1n) is 7.19. The van der Waals surface area contributed by atoms with Crippen molar-refractivity contribution in [2.75, 3.05) is 27.7 Å². The topological polar surface area (TPSA) is 76.5 Å². The summed E-state index contributed by atoms with van der Waals surface area (Å²) in [6, 6.07) is 0.194. The second-order valence-corrected chi connectivity index (χ2v) is 5.96. The molecule has 0 spiro atoms. The normalized spacial score (nSPS) is 27.0. The summed E-state index contributed by atoms with van der Waals surface area (Å²) in [5, 5.41) is 15.4. The van der Waals surface area contributed by atoms with Crippen molar-refractivity contribution in [3.05, 3.63) is 11.9 Å². The van der Waals surface area contributed by atoms with E-state index in [4.69, 9.17) is 10.5 Å². The van der Waals surface area contributed by atoms with Crippen LogP contribution < -0.4 is 10.5 Å². The van der Waals surface area contributed by atoms with Gasteiger partial charge in [-0.15, -0.1) is 0 Å². The minimum atomic E-state index is -0.871. The molecule has 0 unspecified atom stereocenters. The van der Waals surface area contributed by atoms with Crippen molar-refractivity contribution >= 4 is 0 Å². The van der Waals surface area contributed by atoms with Crippen LogP contribution in [0.15, 0.2) is 6.20 Å². The Morgan fingerprint density at radius 3 is 2.70 bits per heavy atom. The van der Waals surface area contributed by atoms with E-state index in [1.165, 1.54) is 0 Å². The van der Waals surface area contributed by atoms with Crippen LogP contribution in [0.3, 0.4) is 0 Å². The van der Waals surface area contributed by atoms with Gasteiger partial charge in [-0.3, -0.25) is 4.68 Å². The number of methoxy groups -OCH3 is 1. The molecule has 1 aliphatic carbocycles. The molecule has 0 radical (unpaired) electrons. The van der Waals surface area contributed by atoms with Gasteiger partial charge in [0.25, 0.3) is 0 Å². The van der Waals surface area contributed by atoms with Crippen LogP contribution in [0, 0.1) is 0 Å². The van der Waals surface area contributed by atoms with E-state index in [1.54, 1.807) is 13.3 Å². The van der Waals surface area contributed by atoms with Gasteiger partial charge in [0.15, 0.2) is 5.75 Å². The van der Waals surface area contributed by atoms with Gasteiger partial charge in [-0.2, -0.15) is 5.10 Å². The summed E-state index contributed by atoms with van der Waals surface area (Å²) in [6.07, 6.45) is 4.69. The predicted octanol–water partition coefficient (Wildman–Crippen LogP) is 0.542. The maximum Gasteiger partial charge on any atom is 0.162 e. The summed E-state index contributed by atoms with van der Waals surface area (Å²) in [7, 11) is 5.66. The summed E-state index contributed by atoms with van der Waals surface area (Å²) in [4.78, 5) is 2.10. The molecule has 0 aliphatic heterocycles. The van der Waals surface area contributed by atoms with E-state index in [2.05, 4.69) is 10.00 Å². The van der Waals surface area contributed by atoms with Crippen LogP contribution in [0.4, 0.5) is 0 Å². The maximum absolute atomic E-state index is 11.0. The van der Waals surface area contributed by atoms with E-state index in [1.807, 2.05) is 18.8 Å². The zero-order chi connectivity index (χ0) is 14.8. The average Bonchev–Trinajstić information content (AvgIpc) is 2.84. The number of hydrogen-bond donors (Lipinski definition) is 2. The van der Waals surface area contributed by atoms with Crippen molar-refractivity contribution in [1.82, 2.24) is 14.7 Å². The number of ether oxygens (including phenoxy) is 1. The lowest BCUT2D eigenvalue weighted by Gasteiger charge is -2.35. The minimum absolute atomic E-state index is 0.194. The summed E-state index contributed by atoms with van der Waals surface area (Å²) < 4.78 is 7.26. The second kappa shape index (κ2) is 6.11. The van der Waals surface area contributed by atoms with Crippen molar-refractivity contribution in [3.8, 4) is 5.75 Å². The first-order valence-corrected chi connectivity index (χ1v) is 7.19. The van der Waals surface area contributed by atoms with Gasteiger partial charge in [0.2, 0.25) is 0 Å². The molecule has 1 aromatic rings. The van der Waals surface area contributed by atoms with Crippen LogP contribution in [0.2, 0.25) is 0 Å². The molecule has 2 rings (SSSR count). The summed E-state index contributed by atoms with van der Waals surface area (Å²) in [5.41, 5.74) is 5.87. The molecule has 6 heteroatoms. The predicted molar refractivity (Wildman–Crippen MR) is 77.7 cm³/mol. The van der Waals surface area contributed by atoms with Gasteiger partial charge in [0, 0.05) is 12.6 Å². The van der Waals surface area contributed by atoms with E-state index >= 15 is 0 Å². The lowest BCUT2D eigenvalue weighted by Crippen LogP contribution is -2.39. The molecular weight excluding hydrogens is 256 g/mol. The highest BCUT2D eigenvalue weighted by Gasteiger charge is 2.39. The second-order valence-electron chi connectivity index (χ2n) is 5.96. The third kappa shape index (κ3) is 3.13. The van der Waals surface area contributed by atoms with Gasteiger partial charge in [-0.05, 0) is 39.8 Å². The number of aliphatic hydroxyl groups is 1. The molecule has 3 N–H and O–H groups in total. The average molecular weight is 282 g/mol. The fourth-order valence-corrected chi connectivity index (χ4v) is 2.81. The summed E-state index contributed by atoms with van der Waals surface area (Å²) in [5.74, 6) is 0.668. The van der Waals surface area contributed by atoms with Crippen molar-refractivity contribution in [2.24, 2.45) is 5.73 Å². The maximum atomic E-state index is 11.0. The zero-order valence-electron chi connectivity index (χ0n) is 12.7. The van der Waals surface area contributed by atoms with Gasteiger partial charge >= 0.3 is 0 Å². The third-order valence-corrected chi connectivity index (χ3v) is 4.08. The highest BCUT2D eigenvalue weighted by atomic mass is 16.5. The van der Waals surface area contributed by atoms with E-state index in [-0.39, 0.29) is 6.04 Å². The van der Waals surface area contributed by atoms with Crippen molar-refractivity contribution < 1.29 is 9.84 Å². The fraction of sp³-hybridized carbons (Fsp3) is 0.786. The van der Waals surface area contributed by atoms with Gasteiger partial charge in [0.05, 0.1) is 19.9 Å². The van der Waals surface area contributed by atoms with Crippen LogP contribution in [0.5, 0.6) is 5.75 Å².